The molecule has 0 radical (unpaired) electrons. The van der Waals surface area contributed by atoms with Crippen molar-refractivity contribution in [2.75, 3.05) is 0 Å². The van der Waals surface area contributed by atoms with Crippen LogP contribution in [0.4, 0.5) is 22.0 Å². The normalized spacial score (nSPS) is 13.7. The smallest absolute Gasteiger partial charge is 0.318 e. The van der Waals surface area contributed by atoms with Crippen LogP contribution in [0.1, 0.15) is 31.9 Å². The summed E-state index contributed by atoms with van der Waals surface area (Å²) in [5.41, 5.74) is -2.73. The molecule has 1 aromatic rings. The summed E-state index contributed by atoms with van der Waals surface area (Å²) in [5, 5.41) is 0. The van der Waals surface area contributed by atoms with Crippen LogP contribution in [0, 0.1) is 0 Å². The highest BCUT2D eigenvalue weighted by Crippen LogP contribution is 2.44. The Kier molecular flexibility index (Phi) is 3.56. The van der Waals surface area contributed by atoms with Crippen LogP contribution < -0.4 is 5.56 Å². The van der Waals surface area contributed by atoms with E-state index in [-0.39, 0.29) is 5.56 Å². The van der Waals surface area contributed by atoms with E-state index in [1.165, 1.54) is 0 Å². The van der Waals surface area contributed by atoms with Crippen LogP contribution in [0.5, 0.6) is 0 Å². The Balaban J connectivity index is 3.58. The van der Waals surface area contributed by atoms with Crippen LogP contribution in [-0.2, 0) is 18.4 Å². The van der Waals surface area contributed by atoms with Gasteiger partial charge in [0.2, 0.25) is 0 Å². The van der Waals surface area contributed by atoms with Gasteiger partial charge in [-0.3, -0.25) is 4.79 Å². The summed E-state index contributed by atoms with van der Waals surface area (Å²) < 4.78 is 64.4. The largest absolute Gasteiger partial charge is 0.458 e. The molecule has 108 valence electrons. The molecule has 0 aliphatic heterocycles. The highest BCUT2D eigenvalue weighted by Gasteiger charge is 2.59. The average molecular weight is 283 g/mol. The van der Waals surface area contributed by atoms with Gasteiger partial charge in [0, 0.05) is 24.4 Å². The molecule has 0 aliphatic carbocycles. The molecule has 1 rings (SSSR count). The van der Waals surface area contributed by atoms with Crippen molar-refractivity contribution in [2.45, 2.75) is 38.3 Å². The minimum absolute atomic E-state index is 0.0866. The van der Waals surface area contributed by atoms with Gasteiger partial charge < -0.3 is 4.57 Å². The molecule has 7 heteroatoms. The summed E-state index contributed by atoms with van der Waals surface area (Å²) in [7, 11) is 1.15. The van der Waals surface area contributed by atoms with Crippen LogP contribution in [-0.4, -0.2) is 10.7 Å². The second kappa shape index (κ2) is 4.31. The first-order valence-electron chi connectivity index (χ1n) is 5.44. The number of hydrogen-bond acceptors (Lipinski definition) is 1. The molecule has 1 heterocycles. The van der Waals surface area contributed by atoms with Gasteiger partial charge in [-0.15, -0.1) is 0 Å². The molecule has 0 unspecified atom stereocenters. The zero-order valence-electron chi connectivity index (χ0n) is 10.9. The van der Waals surface area contributed by atoms with Gasteiger partial charge in [0.25, 0.3) is 5.56 Å². The predicted octanol–water partition coefficient (Wildman–Crippen LogP) is 3.34. The Morgan fingerprint density at radius 3 is 1.89 bits per heavy atom. The molecule has 0 atom stereocenters. The van der Waals surface area contributed by atoms with Gasteiger partial charge in [-0.05, 0) is 11.5 Å². The van der Waals surface area contributed by atoms with Crippen molar-refractivity contribution in [3.8, 4) is 0 Å². The summed E-state index contributed by atoms with van der Waals surface area (Å²) in [6.45, 7) is 4.71. The van der Waals surface area contributed by atoms with E-state index in [1.807, 2.05) is 0 Å². The van der Waals surface area contributed by atoms with E-state index in [4.69, 9.17) is 0 Å². The van der Waals surface area contributed by atoms with Gasteiger partial charge in [-0.1, -0.05) is 20.8 Å². The number of aryl methyl sites for hydroxylation is 1. The molecule has 0 saturated carbocycles. The van der Waals surface area contributed by atoms with Crippen LogP contribution in [0.3, 0.4) is 0 Å². The predicted molar refractivity (Wildman–Crippen MR) is 60.3 cm³/mol. The maximum atomic E-state index is 13.3. The standard InChI is InChI=1S/C12H14F5NO/c1-10(2,3)8-5-7(6-18(4)9(8)19)11(13,14)12(15,16)17/h5-6H,1-4H3. The van der Waals surface area contributed by atoms with E-state index < -0.39 is 28.6 Å². The monoisotopic (exact) mass is 283 g/mol. The lowest BCUT2D eigenvalue weighted by atomic mass is 9.86. The third kappa shape index (κ3) is 2.79. The fourth-order valence-electron chi connectivity index (χ4n) is 1.58. The molecule has 19 heavy (non-hydrogen) atoms. The fraction of sp³-hybridized carbons (Fsp3) is 0.583. The van der Waals surface area contributed by atoms with Crippen LogP contribution >= 0.6 is 0 Å². The zero-order valence-corrected chi connectivity index (χ0v) is 10.9. The van der Waals surface area contributed by atoms with E-state index in [0.29, 0.717) is 12.3 Å². The minimum atomic E-state index is -5.69. The second-order valence-corrected chi connectivity index (χ2v) is 5.38. The van der Waals surface area contributed by atoms with Crippen molar-refractivity contribution in [1.82, 2.24) is 4.57 Å². The van der Waals surface area contributed by atoms with Gasteiger partial charge in [0.05, 0.1) is 0 Å². The maximum Gasteiger partial charge on any atom is 0.458 e. The Bertz CT molecular complexity index is 537. The van der Waals surface area contributed by atoms with Gasteiger partial charge in [0.15, 0.2) is 0 Å². The molecule has 0 amide bonds. The molecular formula is C12H14F5NO. The van der Waals surface area contributed by atoms with Crippen molar-refractivity contribution in [2.24, 2.45) is 7.05 Å². The van der Waals surface area contributed by atoms with E-state index in [0.717, 1.165) is 11.6 Å². The van der Waals surface area contributed by atoms with E-state index in [2.05, 4.69) is 0 Å². The Morgan fingerprint density at radius 2 is 1.53 bits per heavy atom. The minimum Gasteiger partial charge on any atom is -0.318 e. The van der Waals surface area contributed by atoms with Gasteiger partial charge >= 0.3 is 12.1 Å². The summed E-state index contributed by atoms with van der Waals surface area (Å²) >= 11 is 0. The SMILES string of the molecule is Cn1cc(C(F)(F)C(F)(F)F)cc(C(C)(C)C)c1=O. The topological polar surface area (TPSA) is 22.0 Å². The molecule has 0 saturated heterocycles. The quantitative estimate of drug-likeness (QED) is 0.725. The summed E-state index contributed by atoms with van der Waals surface area (Å²) in [5.74, 6) is -4.99. The second-order valence-electron chi connectivity index (χ2n) is 5.38. The first-order chi connectivity index (χ1) is 8.28. The molecule has 1 aromatic heterocycles. The third-order valence-electron chi connectivity index (χ3n) is 2.71. The summed E-state index contributed by atoms with van der Waals surface area (Å²) in [4.78, 5) is 11.8. The summed E-state index contributed by atoms with van der Waals surface area (Å²) in [6, 6.07) is 0.635. The van der Waals surface area contributed by atoms with Crippen LogP contribution in [0.15, 0.2) is 17.1 Å². The van der Waals surface area contributed by atoms with Gasteiger partial charge in [0.1, 0.15) is 0 Å². The summed E-state index contributed by atoms with van der Waals surface area (Å²) in [6.07, 6.45) is -5.18. The Labute approximate surface area is 106 Å². The molecule has 0 aromatic carbocycles. The third-order valence-corrected chi connectivity index (χ3v) is 2.71. The lowest BCUT2D eigenvalue weighted by molar-refractivity contribution is -0.289. The van der Waals surface area contributed by atoms with Crippen molar-refractivity contribution in [3.05, 3.63) is 33.7 Å². The van der Waals surface area contributed by atoms with Crippen molar-refractivity contribution in [3.63, 3.8) is 0 Å². The maximum absolute atomic E-state index is 13.3. The Hall–Kier alpha value is -1.40. The lowest BCUT2D eigenvalue weighted by Crippen LogP contribution is -2.37. The number of alkyl halides is 5. The molecule has 0 aliphatic rings. The number of hydrogen-bond donors (Lipinski definition) is 0. The number of halogens is 5. The van der Waals surface area contributed by atoms with E-state index in [1.54, 1.807) is 20.8 Å². The number of aromatic nitrogens is 1. The number of rotatable bonds is 1. The first-order valence-corrected chi connectivity index (χ1v) is 5.44. The van der Waals surface area contributed by atoms with Crippen molar-refractivity contribution < 1.29 is 22.0 Å². The van der Waals surface area contributed by atoms with Crippen LogP contribution in [0.25, 0.3) is 0 Å². The molecule has 0 fully saturated rings. The fourth-order valence-corrected chi connectivity index (χ4v) is 1.58. The zero-order chi connectivity index (χ0) is 15.2. The van der Waals surface area contributed by atoms with Gasteiger partial charge in [-0.25, -0.2) is 0 Å². The number of nitrogens with zero attached hydrogens (tertiary/aromatic N) is 1. The first kappa shape index (κ1) is 15.7. The van der Waals surface area contributed by atoms with Gasteiger partial charge in [-0.2, -0.15) is 22.0 Å². The Morgan fingerprint density at radius 1 is 1.05 bits per heavy atom. The molecule has 2 nitrogen and oxygen atoms in total. The van der Waals surface area contributed by atoms with Crippen molar-refractivity contribution >= 4 is 0 Å². The number of pyridine rings is 1. The highest BCUT2D eigenvalue weighted by atomic mass is 19.4. The molecule has 0 spiro atoms. The van der Waals surface area contributed by atoms with E-state index in [9.17, 15) is 26.7 Å². The molecular weight excluding hydrogens is 269 g/mol. The van der Waals surface area contributed by atoms with Crippen LogP contribution in [0.2, 0.25) is 0 Å². The molecule has 0 N–H and O–H groups in total. The van der Waals surface area contributed by atoms with E-state index >= 15 is 0 Å². The van der Waals surface area contributed by atoms with Crippen molar-refractivity contribution in [1.29, 1.82) is 0 Å². The average Bonchev–Trinajstić information content (AvgIpc) is 2.18. The lowest BCUT2D eigenvalue weighted by Gasteiger charge is -2.24. The molecule has 0 bridgehead atoms. The highest BCUT2D eigenvalue weighted by molar-refractivity contribution is 5.28.